The summed E-state index contributed by atoms with van der Waals surface area (Å²) < 4.78 is 4.04. The van der Waals surface area contributed by atoms with Gasteiger partial charge in [-0.05, 0) is 6.42 Å². The van der Waals surface area contributed by atoms with Crippen molar-refractivity contribution < 1.29 is 28.7 Å². The summed E-state index contributed by atoms with van der Waals surface area (Å²) in [5, 5.41) is 8.31. The first-order valence-electron chi connectivity index (χ1n) is 3.47. The molecule has 1 atom stereocenters. The Balaban J connectivity index is 3.64. The highest BCUT2D eigenvalue weighted by molar-refractivity contribution is 6.35. The molecule has 0 aliphatic carbocycles. The lowest BCUT2D eigenvalue weighted by Crippen LogP contribution is -2.31. The summed E-state index contributed by atoms with van der Waals surface area (Å²) in [7, 11) is -3.35. The molecule has 7 nitrogen and oxygen atoms in total. The monoisotopic (exact) mass is 209 g/mol. The van der Waals surface area contributed by atoms with Crippen LogP contribution in [0.5, 0.6) is 0 Å². The number of carbonyl (C=O) groups is 2. The predicted octanol–water partition coefficient (Wildman–Crippen LogP) is -2.58. The van der Waals surface area contributed by atoms with Gasteiger partial charge in [0.1, 0.15) is 6.04 Å². The second-order valence-corrected chi connectivity index (χ2v) is 3.19. The molecule has 0 fully saturated rings. The zero-order chi connectivity index (χ0) is 10.4. The van der Waals surface area contributed by atoms with Gasteiger partial charge in [-0.25, -0.2) is 0 Å². The zero-order valence-corrected chi connectivity index (χ0v) is 7.87. The molecule has 0 amide bonds. The van der Waals surface area contributed by atoms with Crippen LogP contribution in [-0.4, -0.2) is 42.2 Å². The highest BCUT2D eigenvalue weighted by Crippen LogP contribution is 1.97. The second kappa shape index (κ2) is 5.64. The van der Waals surface area contributed by atoms with E-state index >= 15 is 0 Å². The van der Waals surface area contributed by atoms with Crippen molar-refractivity contribution >= 4 is 21.5 Å². The van der Waals surface area contributed by atoms with Gasteiger partial charge in [-0.3, -0.25) is 9.59 Å². The van der Waals surface area contributed by atoms with E-state index in [1.165, 1.54) is 0 Å². The van der Waals surface area contributed by atoms with Crippen LogP contribution in [0.2, 0.25) is 0 Å². The molecule has 0 bridgehead atoms. The van der Waals surface area contributed by atoms with Crippen molar-refractivity contribution in [3.63, 3.8) is 0 Å². The minimum absolute atomic E-state index is 0.0880. The molecule has 0 unspecified atom stereocenters. The Morgan fingerprint density at radius 1 is 1.46 bits per heavy atom. The van der Waals surface area contributed by atoms with Crippen molar-refractivity contribution in [2.45, 2.75) is 18.9 Å². The number of carboxylic acid groups (broad SMARTS) is 1. The fourth-order valence-electron chi connectivity index (χ4n) is 0.573. The Morgan fingerprint density at radius 3 is 2.38 bits per heavy atom. The van der Waals surface area contributed by atoms with Crippen molar-refractivity contribution in [1.29, 1.82) is 0 Å². The number of hydrogen-bond donors (Lipinski definition) is 4. The van der Waals surface area contributed by atoms with E-state index in [1.807, 2.05) is 0 Å². The molecule has 0 heterocycles. The van der Waals surface area contributed by atoms with E-state index in [9.17, 15) is 9.59 Å². The molecular formula is C5H11NO6Si. The van der Waals surface area contributed by atoms with E-state index in [2.05, 4.69) is 4.43 Å². The largest absolute Gasteiger partial charge is 0.545 e. The molecule has 0 aliphatic rings. The highest BCUT2D eigenvalue weighted by atomic mass is 28.3. The Hall–Kier alpha value is -0.963. The first-order valence-corrected chi connectivity index (χ1v) is 4.98. The van der Waals surface area contributed by atoms with Crippen molar-refractivity contribution in [2.24, 2.45) is 5.73 Å². The van der Waals surface area contributed by atoms with Crippen LogP contribution in [0, 0.1) is 0 Å². The van der Waals surface area contributed by atoms with Crippen LogP contribution in [-0.2, 0) is 14.0 Å². The van der Waals surface area contributed by atoms with Crippen LogP contribution < -0.4 is 5.73 Å². The molecule has 5 N–H and O–H groups in total. The molecule has 0 aliphatic heterocycles. The van der Waals surface area contributed by atoms with Crippen molar-refractivity contribution in [2.75, 3.05) is 0 Å². The Labute approximate surface area is 75.7 Å². The van der Waals surface area contributed by atoms with Crippen LogP contribution in [0.1, 0.15) is 12.8 Å². The Kier molecular flexibility index (Phi) is 5.22. The summed E-state index contributed by atoms with van der Waals surface area (Å²) in [6, 6.07) is -1.13. The standard InChI is InChI=1S/C5H11NO6Si/c6-3(5(8)9)1-2-4(7)12-13(10)11/h3,10-11,13H,1-2,6H2,(H,8,9)/t3-/m0/s1. The lowest BCUT2D eigenvalue weighted by molar-refractivity contribution is -0.139. The van der Waals surface area contributed by atoms with Crippen LogP contribution in [0.3, 0.4) is 0 Å². The second-order valence-electron chi connectivity index (χ2n) is 2.30. The first-order chi connectivity index (χ1) is 5.93. The van der Waals surface area contributed by atoms with Crippen LogP contribution in [0.15, 0.2) is 0 Å². The summed E-state index contributed by atoms with van der Waals surface area (Å²) >= 11 is 0. The average molecular weight is 209 g/mol. The maximum atomic E-state index is 10.6. The summed E-state index contributed by atoms with van der Waals surface area (Å²) in [4.78, 5) is 37.4. The minimum Gasteiger partial charge on any atom is -0.480 e. The Bertz CT molecular complexity index is 195. The zero-order valence-electron chi connectivity index (χ0n) is 6.71. The molecule has 0 saturated heterocycles. The smallest absolute Gasteiger partial charge is 0.480 e. The molecule has 0 saturated carbocycles. The molecule has 0 aromatic heterocycles. The van der Waals surface area contributed by atoms with Gasteiger partial charge >= 0.3 is 15.5 Å². The molecule has 13 heavy (non-hydrogen) atoms. The molecule has 0 rings (SSSR count). The number of hydrogen-bond acceptors (Lipinski definition) is 6. The maximum Gasteiger partial charge on any atom is 0.545 e. The molecule has 0 spiro atoms. The number of nitrogens with two attached hydrogens (primary N) is 1. The minimum atomic E-state index is -3.35. The van der Waals surface area contributed by atoms with Crippen molar-refractivity contribution in [3.05, 3.63) is 0 Å². The van der Waals surface area contributed by atoms with Gasteiger partial charge in [-0.15, -0.1) is 0 Å². The number of carboxylic acids is 1. The lowest BCUT2D eigenvalue weighted by Gasteiger charge is -2.06. The van der Waals surface area contributed by atoms with Crippen LogP contribution >= 0.6 is 0 Å². The van der Waals surface area contributed by atoms with Gasteiger partial charge in [0.05, 0.1) is 0 Å². The molecule has 0 aromatic carbocycles. The number of carbonyl (C=O) groups excluding carboxylic acids is 1. The summed E-state index contributed by atoms with van der Waals surface area (Å²) in [5.74, 6) is -2.06. The molecule has 76 valence electrons. The summed E-state index contributed by atoms with van der Waals surface area (Å²) in [5.41, 5.74) is 5.07. The van der Waals surface area contributed by atoms with Crippen molar-refractivity contribution in [3.8, 4) is 0 Å². The van der Waals surface area contributed by atoms with Gasteiger partial charge in [0.15, 0.2) is 0 Å². The van der Waals surface area contributed by atoms with Gasteiger partial charge in [-0.2, -0.15) is 0 Å². The first kappa shape index (κ1) is 12.0. The van der Waals surface area contributed by atoms with Gasteiger partial charge in [0.2, 0.25) is 0 Å². The molecule has 0 aromatic rings. The third kappa shape index (κ3) is 6.22. The van der Waals surface area contributed by atoms with E-state index in [1.54, 1.807) is 0 Å². The highest BCUT2D eigenvalue weighted by Gasteiger charge is 2.16. The Morgan fingerprint density at radius 2 is 2.00 bits per heavy atom. The van der Waals surface area contributed by atoms with Gasteiger partial charge < -0.3 is 24.9 Å². The van der Waals surface area contributed by atoms with Gasteiger partial charge in [-0.1, -0.05) is 0 Å². The van der Waals surface area contributed by atoms with E-state index in [4.69, 9.17) is 20.4 Å². The van der Waals surface area contributed by atoms with Crippen LogP contribution in [0.4, 0.5) is 0 Å². The lowest BCUT2D eigenvalue weighted by atomic mass is 10.2. The van der Waals surface area contributed by atoms with E-state index in [-0.39, 0.29) is 12.8 Å². The van der Waals surface area contributed by atoms with Gasteiger partial charge in [0, 0.05) is 6.42 Å². The maximum absolute atomic E-state index is 10.6. The molecule has 8 heteroatoms. The third-order valence-corrected chi connectivity index (χ3v) is 1.69. The van der Waals surface area contributed by atoms with Crippen molar-refractivity contribution in [1.82, 2.24) is 0 Å². The summed E-state index contributed by atoms with van der Waals surface area (Å²) in [6.45, 7) is 0. The quantitative estimate of drug-likeness (QED) is 0.366. The number of rotatable bonds is 5. The topological polar surface area (TPSA) is 130 Å². The normalized spacial score (nSPS) is 12.6. The average Bonchev–Trinajstić information content (AvgIpc) is 1.98. The fourth-order valence-corrected chi connectivity index (χ4v) is 0.926. The predicted molar refractivity (Wildman–Crippen MR) is 42.5 cm³/mol. The van der Waals surface area contributed by atoms with Gasteiger partial charge in [0.25, 0.3) is 5.97 Å². The van der Waals surface area contributed by atoms with E-state index in [0.717, 1.165) is 0 Å². The van der Waals surface area contributed by atoms with E-state index in [0.29, 0.717) is 0 Å². The summed E-state index contributed by atoms with van der Waals surface area (Å²) in [6.07, 6.45) is -0.326. The van der Waals surface area contributed by atoms with E-state index < -0.39 is 27.5 Å². The van der Waals surface area contributed by atoms with Crippen LogP contribution in [0.25, 0.3) is 0 Å². The third-order valence-electron chi connectivity index (χ3n) is 1.21. The molecular weight excluding hydrogens is 198 g/mol. The fraction of sp³-hybridized carbons (Fsp3) is 0.600. The SMILES string of the molecule is N[C@@H](CCC(=O)O[SiH](O)O)C(=O)O. The molecule has 0 radical (unpaired) electrons. The number of aliphatic carboxylic acids is 1.